The number of H-pyrrole nitrogens is 1. The maximum absolute atomic E-state index is 12.7. The lowest BCUT2D eigenvalue weighted by atomic mass is 9.60. The zero-order valence-electron chi connectivity index (χ0n) is 13.0. The summed E-state index contributed by atoms with van der Waals surface area (Å²) in [6.45, 7) is 2.77. The van der Waals surface area contributed by atoms with E-state index < -0.39 is 0 Å². The van der Waals surface area contributed by atoms with Gasteiger partial charge < -0.3 is 14.6 Å². The van der Waals surface area contributed by atoms with Crippen LogP contribution in [0.15, 0.2) is 6.07 Å². The first-order valence-corrected chi connectivity index (χ1v) is 8.68. The largest absolute Gasteiger partial charge is 0.378 e. The third kappa shape index (κ3) is 2.45. The molecule has 2 aliphatic rings. The Kier molecular flexibility index (Phi) is 4.45. The molecule has 0 saturated heterocycles. The Bertz CT molecular complexity index is 547. The highest BCUT2D eigenvalue weighted by Gasteiger charge is 2.58. The molecule has 1 aromatic rings. The highest BCUT2D eigenvalue weighted by atomic mass is 35.5. The van der Waals surface area contributed by atoms with Gasteiger partial charge in [-0.1, -0.05) is 36.0 Å². The van der Waals surface area contributed by atoms with Crippen LogP contribution < -0.4 is 0 Å². The van der Waals surface area contributed by atoms with E-state index in [9.17, 15) is 4.79 Å². The standard InChI is InChI=1S/C16H22Cl2N2O2/c1-3-22-13-9-12(16(13)6-4-5-7-16)20(2)15(21)11-8-10(17)14(18)19-11/h8,12-13,19H,3-7,9H2,1-2H3/t12-,13-/m1/s1. The highest BCUT2D eigenvalue weighted by Crippen LogP contribution is 2.56. The molecule has 2 saturated carbocycles. The number of amides is 1. The van der Waals surface area contributed by atoms with Crippen molar-refractivity contribution in [3.63, 3.8) is 0 Å². The molecule has 0 aromatic carbocycles. The van der Waals surface area contributed by atoms with Crippen LogP contribution in [0.25, 0.3) is 0 Å². The second-order valence-electron chi connectivity index (χ2n) is 6.40. The maximum atomic E-state index is 12.7. The van der Waals surface area contributed by atoms with Crippen molar-refractivity contribution >= 4 is 29.1 Å². The predicted octanol–water partition coefficient (Wildman–Crippen LogP) is 4.13. The number of rotatable bonds is 4. The quantitative estimate of drug-likeness (QED) is 0.892. The minimum atomic E-state index is -0.0555. The zero-order chi connectivity index (χ0) is 15.9. The molecule has 0 unspecified atom stereocenters. The molecule has 2 atom stereocenters. The first kappa shape index (κ1) is 16.2. The SMILES string of the molecule is CCO[C@@H]1C[C@@H](N(C)C(=O)c2cc(Cl)c(Cl)[nH]2)C12CCCC2. The van der Waals surface area contributed by atoms with Crippen molar-refractivity contribution < 1.29 is 9.53 Å². The summed E-state index contributed by atoms with van der Waals surface area (Å²) in [5.41, 5.74) is 0.589. The number of nitrogens with zero attached hydrogens (tertiary/aromatic N) is 1. The van der Waals surface area contributed by atoms with E-state index in [1.807, 2.05) is 18.9 Å². The normalized spacial score (nSPS) is 26.2. The van der Waals surface area contributed by atoms with E-state index in [1.54, 1.807) is 6.07 Å². The summed E-state index contributed by atoms with van der Waals surface area (Å²) in [5, 5.41) is 0.699. The van der Waals surface area contributed by atoms with E-state index in [2.05, 4.69) is 4.98 Å². The molecule has 0 bridgehead atoms. The Morgan fingerprint density at radius 3 is 2.68 bits per heavy atom. The summed E-state index contributed by atoms with van der Waals surface area (Å²) in [7, 11) is 1.87. The first-order chi connectivity index (χ1) is 10.5. The number of aromatic amines is 1. The third-order valence-electron chi connectivity index (χ3n) is 5.39. The molecule has 1 amide bonds. The summed E-state index contributed by atoms with van der Waals surface area (Å²) in [6.07, 6.45) is 5.94. The van der Waals surface area contributed by atoms with Crippen molar-refractivity contribution in [2.45, 2.75) is 51.2 Å². The Balaban J connectivity index is 1.77. The summed E-state index contributed by atoms with van der Waals surface area (Å²) in [6, 6.07) is 1.84. The molecule has 0 radical (unpaired) electrons. The van der Waals surface area contributed by atoms with Gasteiger partial charge in [-0.25, -0.2) is 0 Å². The van der Waals surface area contributed by atoms with Gasteiger partial charge in [-0.3, -0.25) is 4.79 Å². The second-order valence-corrected chi connectivity index (χ2v) is 7.18. The fourth-order valence-corrected chi connectivity index (χ4v) is 4.56. The number of hydrogen-bond acceptors (Lipinski definition) is 2. The number of halogens is 2. The summed E-state index contributed by atoms with van der Waals surface area (Å²) in [5.74, 6) is -0.0555. The van der Waals surface area contributed by atoms with Gasteiger partial charge in [-0.05, 0) is 32.3 Å². The Hall–Kier alpha value is -0.710. The number of hydrogen-bond donors (Lipinski definition) is 1. The van der Waals surface area contributed by atoms with Crippen molar-refractivity contribution in [2.75, 3.05) is 13.7 Å². The van der Waals surface area contributed by atoms with Gasteiger partial charge in [0.15, 0.2) is 0 Å². The van der Waals surface area contributed by atoms with Gasteiger partial charge >= 0.3 is 0 Å². The lowest BCUT2D eigenvalue weighted by Crippen LogP contribution is -2.64. The van der Waals surface area contributed by atoms with Crippen LogP contribution in [0.5, 0.6) is 0 Å². The van der Waals surface area contributed by atoms with Crippen LogP contribution in [-0.2, 0) is 4.74 Å². The number of ether oxygens (including phenoxy) is 1. The summed E-state index contributed by atoms with van der Waals surface area (Å²) in [4.78, 5) is 17.4. The number of nitrogens with one attached hydrogen (secondary N) is 1. The lowest BCUT2D eigenvalue weighted by molar-refractivity contribution is -0.152. The fourth-order valence-electron chi connectivity index (χ4n) is 4.24. The number of carbonyl (C=O) groups excluding carboxylic acids is 1. The van der Waals surface area contributed by atoms with Crippen LogP contribution in [0.4, 0.5) is 0 Å². The third-order valence-corrected chi connectivity index (χ3v) is 6.08. The van der Waals surface area contributed by atoms with Crippen LogP contribution in [0.1, 0.15) is 49.5 Å². The van der Waals surface area contributed by atoms with Crippen LogP contribution in [0, 0.1) is 5.41 Å². The Morgan fingerprint density at radius 2 is 2.14 bits per heavy atom. The van der Waals surface area contributed by atoms with E-state index in [-0.39, 0.29) is 23.5 Å². The summed E-state index contributed by atoms with van der Waals surface area (Å²) < 4.78 is 5.92. The van der Waals surface area contributed by atoms with E-state index in [0.29, 0.717) is 15.9 Å². The van der Waals surface area contributed by atoms with Gasteiger partial charge in [0.2, 0.25) is 0 Å². The average Bonchev–Trinajstić information content (AvgIpc) is 3.11. The monoisotopic (exact) mass is 344 g/mol. The minimum absolute atomic E-state index is 0.0555. The molecule has 122 valence electrons. The highest BCUT2D eigenvalue weighted by molar-refractivity contribution is 6.41. The van der Waals surface area contributed by atoms with E-state index in [0.717, 1.165) is 25.9 Å². The van der Waals surface area contributed by atoms with Crippen LogP contribution >= 0.6 is 23.2 Å². The van der Waals surface area contributed by atoms with Crippen LogP contribution in [0.3, 0.4) is 0 Å². The zero-order valence-corrected chi connectivity index (χ0v) is 14.5. The molecule has 2 fully saturated rings. The van der Waals surface area contributed by atoms with Crippen LogP contribution in [-0.4, -0.2) is 41.6 Å². The smallest absolute Gasteiger partial charge is 0.270 e. The van der Waals surface area contributed by atoms with E-state index >= 15 is 0 Å². The van der Waals surface area contributed by atoms with Gasteiger partial charge in [-0.15, -0.1) is 0 Å². The molecular weight excluding hydrogens is 323 g/mol. The Labute approximate surface area is 141 Å². The predicted molar refractivity (Wildman–Crippen MR) is 87.6 cm³/mol. The van der Waals surface area contributed by atoms with Gasteiger partial charge in [-0.2, -0.15) is 0 Å². The lowest BCUT2D eigenvalue weighted by Gasteiger charge is -2.56. The molecule has 1 aromatic heterocycles. The second kappa shape index (κ2) is 6.06. The van der Waals surface area contributed by atoms with Gasteiger partial charge in [0.05, 0.1) is 11.1 Å². The van der Waals surface area contributed by atoms with Crippen molar-refractivity contribution in [3.8, 4) is 0 Å². The van der Waals surface area contributed by atoms with Crippen molar-refractivity contribution in [2.24, 2.45) is 5.41 Å². The first-order valence-electron chi connectivity index (χ1n) is 7.92. The topological polar surface area (TPSA) is 45.3 Å². The molecule has 1 heterocycles. The molecule has 0 aliphatic heterocycles. The van der Waals surface area contributed by atoms with E-state index in [4.69, 9.17) is 27.9 Å². The minimum Gasteiger partial charge on any atom is -0.378 e. The van der Waals surface area contributed by atoms with Crippen molar-refractivity contribution in [1.29, 1.82) is 0 Å². The van der Waals surface area contributed by atoms with Gasteiger partial charge in [0, 0.05) is 25.1 Å². The Morgan fingerprint density at radius 1 is 1.45 bits per heavy atom. The summed E-state index contributed by atoms with van der Waals surface area (Å²) >= 11 is 11.8. The molecule has 3 rings (SSSR count). The van der Waals surface area contributed by atoms with Crippen molar-refractivity contribution in [1.82, 2.24) is 9.88 Å². The van der Waals surface area contributed by atoms with Crippen LogP contribution in [0.2, 0.25) is 10.2 Å². The number of aromatic nitrogens is 1. The van der Waals surface area contributed by atoms with Gasteiger partial charge in [0.25, 0.3) is 5.91 Å². The van der Waals surface area contributed by atoms with Crippen molar-refractivity contribution in [3.05, 3.63) is 21.9 Å². The van der Waals surface area contributed by atoms with Gasteiger partial charge in [0.1, 0.15) is 10.8 Å². The molecule has 1 spiro atoms. The molecular formula is C16H22Cl2N2O2. The molecule has 1 N–H and O–H groups in total. The molecule has 4 nitrogen and oxygen atoms in total. The average molecular weight is 345 g/mol. The fraction of sp³-hybridized carbons (Fsp3) is 0.688. The number of carbonyl (C=O) groups is 1. The maximum Gasteiger partial charge on any atom is 0.270 e. The molecule has 2 aliphatic carbocycles. The molecule has 22 heavy (non-hydrogen) atoms. The van der Waals surface area contributed by atoms with E-state index in [1.165, 1.54) is 12.8 Å². The molecule has 6 heteroatoms.